The molecule has 2 unspecified atom stereocenters. The van der Waals surface area contributed by atoms with E-state index in [1.807, 2.05) is 19.1 Å². The molecule has 36 heavy (non-hydrogen) atoms. The van der Waals surface area contributed by atoms with Crippen LogP contribution < -0.4 is 4.90 Å². The van der Waals surface area contributed by atoms with Crippen molar-refractivity contribution in [2.45, 2.75) is 48.8 Å². The highest BCUT2D eigenvalue weighted by Gasteiger charge is 2.74. The normalized spacial score (nSPS) is 29.1. The van der Waals surface area contributed by atoms with E-state index in [0.29, 0.717) is 23.7 Å². The third kappa shape index (κ3) is 3.98. The summed E-state index contributed by atoms with van der Waals surface area (Å²) in [5, 5.41) is 10.5. The molecule has 0 aromatic heterocycles. The number of amides is 3. The number of benzene rings is 1. The zero-order valence-corrected chi connectivity index (χ0v) is 22.6. The number of fused-ring (bicyclic) bond motifs is 1. The average molecular weight is 532 g/mol. The highest BCUT2D eigenvalue weighted by molar-refractivity contribution is 8.02. The lowest BCUT2D eigenvalue weighted by Crippen LogP contribution is -2.57. The van der Waals surface area contributed by atoms with Gasteiger partial charge in [0.2, 0.25) is 11.8 Å². The number of nitrogens with zero attached hydrogens (tertiary/aromatic N) is 3. The zero-order chi connectivity index (χ0) is 26.4. The van der Waals surface area contributed by atoms with Crippen molar-refractivity contribution in [3.63, 3.8) is 0 Å². The monoisotopic (exact) mass is 531 g/mol. The van der Waals surface area contributed by atoms with Crippen molar-refractivity contribution < 1.29 is 19.5 Å². The number of halogens is 1. The molecule has 1 spiro atoms. The molecule has 9 heteroatoms. The second-order valence-electron chi connectivity index (χ2n) is 9.98. The van der Waals surface area contributed by atoms with Gasteiger partial charge in [0.05, 0.1) is 39.9 Å². The van der Waals surface area contributed by atoms with Crippen LogP contribution >= 0.6 is 23.4 Å². The Kier molecular flexibility index (Phi) is 7.60. The third-order valence-electron chi connectivity index (χ3n) is 7.81. The molecular weight excluding hydrogens is 498 g/mol. The molecule has 0 radical (unpaired) electrons. The molecule has 0 saturated carbocycles. The van der Waals surface area contributed by atoms with Crippen molar-refractivity contribution in [1.82, 2.24) is 9.80 Å². The molecule has 1 N–H and O–H groups in total. The number of aryl methyl sites for hydroxylation is 1. The summed E-state index contributed by atoms with van der Waals surface area (Å²) in [5.74, 6) is -1.72. The van der Waals surface area contributed by atoms with Gasteiger partial charge >= 0.3 is 0 Å². The van der Waals surface area contributed by atoms with Gasteiger partial charge in [-0.2, -0.15) is 0 Å². The largest absolute Gasteiger partial charge is 0.394 e. The van der Waals surface area contributed by atoms with Crippen LogP contribution in [0.4, 0.5) is 5.69 Å². The van der Waals surface area contributed by atoms with Crippen molar-refractivity contribution in [1.29, 1.82) is 0 Å². The summed E-state index contributed by atoms with van der Waals surface area (Å²) in [6.07, 6.45) is 4.71. The van der Waals surface area contributed by atoms with E-state index in [-0.39, 0.29) is 36.1 Å². The molecule has 3 heterocycles. The van der Waals surface area contributed by atoms with Gasteiger partial charge in [-0.3, -0.25) is 14.4 Å². The number of rotatable bonds is 9. The van der Waals surface area contributed by atoms with Crippen LogP contribution in [0.15, 0.2) is 43.5 Å². The number of hydrogen-bond donors (Lipinski definition) is 1. The molecule has 3 fully saturated rings. The Morgan fingerprint density at radius 2 is 2.00 bits per heavy atom. The average Bonchev–Trinajstić information content (AvgIpc) is 3.49. The smallest absolute Gasteiger partial charge is 0.251 e. The van der Waals surface area contributed by atoms with Crippen LogP contribution in [0.5, 0.6) is 0 Å². The fraction of sp³-hybridized carbons (Fsp3) is 0.519. The molecule has 3 aliphatic rings. The first-order chi connectivity index (χ1) is 17.1. The standard InChI is InChI=1S/C27H34ClN3O4S/c1-6-13-29(5)24(33)20-19-11-12-27(36-19)21(20)25(34)31(17(4)15-32)23(27)26(35)30(14-7-2)22-16(3)9-8-10-18(22)28/h6-10,17,19-21,23,32H,1-2,11-15H2,3-5H3/t17-,19+,20-,21+,23?,27?/m1/s1. The van der Waals surface area contributed by atoms with E-state index in [9.17, 15) is 19.5 Å². The maximum atomic E-state index is 14.5. The number of para-hydroxylation sites is 1. The number of anilines is 1. The first-order valence-corrected chi connectivity index (χ1v) is 13.5. The Labute approximate surface area is 222 Å². The van der Waals surface area contributed by atoms with E-state index in [4.69, 9.17) is 11.6 Å². The summed E-state index contributed by atoms with van der Waals surface area (Å²) in [5.41, 5.74) is 1.42. The second kappa shape index (κ2) is 10.2. The molecule has 1 aromatic rings. The van der Waals surface area contributed by atoms with Crippen LogP contribution in [-0.4, -0.2) is 81.5 Å². The maximum absolute atomic E-state index is 14.5. The van der Waals surface area contributed by atoms with Crippen LogP contribution in [0.2, 0.25) is 5.02 Å². The number of aliphatic hydroxyl groups is 1. The zero-order valence-electron chi connectivity index (χ0n) is 21.0. The first-order valence-electron chi connectivity index (χ1n) is 12.3. The van der Waals surface area contributed by atoms with Crippen LogP contribution in [0.25, 0.3) is 0 Å². The Hall–Kier alpha value is -2.29. The minimum absolute atomic E-state index is 0.0319. The van der Waals surface area contributed by atoms with Crippen LogP contribution in [0.3, 0.4) is 0 Å². The Morgan fingerprint density at radius 1 is 1.31 bits per heavy atom. The predicted molar refractivity (Wildman–Crippen MR) is 144 cm³/mol. The topological polar surface area (TPSA) is 81.2 Å². The van der Waals surface area contributed by atoms with Crippen LogP contribution in [-0.2, 0) is 14.4 Å². The Balaban J connectivity index is 1.82. The van der Waals surface area contributed by atoms with Gasteiger partial charge in [0.1, 0.15) is 6.04 Å². The summed E-state index contributed by atoms with van der Waals surface area (Å²) in [4.78, 5) is 46.7. The molecule has 2 bridgehead atoms. The van der Waals surface area contributed by atoms with Gasteiger partial charge in [0, 0.05) is 25.4 Å². The summed E-state index contributed by atoms with van der Waals surface area (Å²) < 4.78 is -0.744. The Morgan fingerprint density at radius 3 is 2.61 bits per heavy atom. The van der Waals surface area contributed by atoms with E-state index < -0.39 is 28.7 Å². The van der Waals surface area contributed by atoms with E-state index in [2.05, 4.69) is 13.2 Å². The van der Waals surface area contributed by atoms with E-state index in [0.717, 1.165) is 12.0 Å². The van der Waals surface area contributed by atoms with E-state index >= 15 is 0 Å². The van der Waals surface area contributed by atoms with Crippen molar-refractivity contribution in [3.05, 3.63) is 54.1 Å². The molecule has 1 aromatic carbocycles. The van der Waals surface area contributed by atoms with Gasteiger partial charge in [-0.25, -0.2) is 0 Å². The van der Waals surface area contributed by atoms with Gasteiger partial charge in [-0.15, -0.1) is 24.9 Å². The van der Waals surface area contributed by atoms with Gasteiger partial charge < -0.3 is 19.8 Å². The van der Waals surface area contributed by atoms with E-state index in [1.165, 1.54) is 4.90 Å². The first kappa shape index (κ1) is 26.8. The number of aliphatic hydroxyl groups excluding tert-OH is 1. The molecule has 6 atom stereocenters. The highest BCUT2D eigenvalue weighted by Crippen LogP contribution is 2.67. The fourth-order valence-corrected chi connectivity index (χ4v) is 8.80. The Bertz CT molecular complexity index is 1080. The SMILES string of the molecule is C=CCN(C)C(=O)[C@@H]1[C@@H]2CCC3(S2)C(C(=O)N(CC=C)c2c(C)cccc2Cl)N([C@H](C)CO)C(=O)[C@H]13. The molecular formula is C27H34ClN3O4S. The molecule has 4 rings (SSSR count). The number of thioether (sulfide) groups is 1. The molecule has 3 aliphatic heterocycles. The third-order valence-corrected chi connectivity index (χ3v) is 10.1. The van der Waals surface area contributed by atoms with Crippen molar-refractivity contribution >= 4 is 46.8 Å². The molecule has 3 amide bonds. The fourth-order valence-electron chi connectivity index (χ4n) is 6.29. The quantitative estimate of drug-likeness (QED) is 0.495. The maximum Gasteiger partial charge on any atom is 0.251 e. The molecule has 194 valence electrons. The summed E-state index contributed by atoms with van der Waals surface area (Å²) in [7, 11) is 1.72. The minimum atomic E-state index is -0.828. The van der Waals surface area contributed by atoms with Gasteiger partial charge in [0.15, 0.2) is 0 Å². The summed E-state index contributed by atoms with van der Waals surface area (Å²) in [6, 6.07) is 4.05. The van der Waals surface area contributed by atoms with E-state index in [1.54, 1.807) is 53.8 Å². The number of likely N-dealkylation sites (tertiary alicyclic amines) is 1. The van der Waals surface area contributed by atoms with Crippen molar-refractivity contribution in [2.75, 3.05) is 31.6 Å². The predicted octanol–water partition coefficient (Wildman–Crippen LogP) is 3.28. The minimum Gasteiger partial charge on any atom is -0.394 e. The lowest BCUT2D eigenvalue weighted by molar-refractivity contribution is -0.144. The molecule has 7 nitrogen and oxygen atoms in total. The number of carbonyl (C=O) groups is 3. The molecule has 3 saturated heterocycles. The van der Waals surface area contributed by atoms with Gasteiger partial charge in [-0.1, -0.05) is 35.9 Å². The summed E-state index contributed by atoms with van der Waals surface area (Å²) in [6.45, 7) is 11.5. The van der Waals surface area contributed by atoms with Crippen molar-refractivity contribution in [2.24, 2.45) is 11.8 Å². The van der Waals surface area contributed by atoms with Crippen molar-refractivity contribution in [3.8, 4) is 0 Å². The second-order valence-corrected chi connectivity index (χ2v) is 12.0. The lowest BCUT2D eigenvalue weighted by Gasteiger charge is -2.39. The number of likely N-dealkylation sites (N-methyl/N-ethyl adjacent to an activating group) is 1. The highest BCUT2D eigenvalue weighted by atomic mass is 35.5. The summed E-state index contributed by atoms with van der Waals surface area (Å²) >= 11 is 8.18. The van der Waals surface area contributed by atoms with Crippen LogP contribution in [0.1, 0.15) is 25.3 Å². The van der Waals surface area contributed by atoms with Gasteiger partial charge in [-0.05, 0) is 38.3 Å². The van der Waals surface area contributed by atoms with Gasteiger partial charge in [0.25, 0.3) is 5.91 Å². The molecule has 0 aliphatic carbocycles. The number of carbonyl (C=O) groups excluding carboxylic acids is 3. The lowest BCUT2D eigenvalue weighted by atomic mass is 9.70. The number of hydrogen-bond acceptors (Lipinski definition) is 5. The van der Waals surface area contributed by atoms with Crippen LogP contribution in [0, 0.1) is 18.8 Å².